The fraction of sp³-hybridized carbons (Fsp3) is 0.800. The molecule has 3 rings (SSSR count). The summed E-state index contributed by atoms with van der Waals surface area (Å²) in [7, 11) is -8.08. The van der Waals surface area contributed by atoms with Gasteiger partial charge in [0.25, 0.3) is 25.8 Å². The Kier molecular flexibility index (Phi) is 6.08. The third kappa shape index (κ3) is 4.88. The summed E-state index contributed by atoms with van der Waals surface area (Å²) in [5.41, 5.74) is -0.223. The van der Waals surface area contributed by atoms with Crippen molar-refractivity contribution in [2.45, 2.75) is 74.0 Å². The maximum atomic E-state index is 12.5. The summed E-state index contributed by atoms with van der Waals surface area (Å²) in [6, 6.07) is -0.398. The molecule has 28 heavy (non-hydrogen) atoms. The fourth-order valence-corrected chi connectivity index (χ4v) is 5.66. The fourth-order valence-electron chi connectivity index (χ4n) is 3.92. The molecule has 1 heterocycles. The summed E-state index contributed by atoms with van der Waals surface area (Å²) in [4.78, 5) is 12.5. The highest BCUT2D eigenvalue weighted by atomic mass is 32.2. The smallest absolute Gasteiger partial charge is 0.294 e. The van der Waals surface area contributed by atoms with Crippen molar-refractivity contribution in [2.75, 3.05) is 0 Å². The van der Waals surface area contributed by atoms with Crippen molar-refractivity contribution in [3.05, 3.63) is 16.6 Å². The van der Waals surface area contributed by atoms with E-state index >= 15 is 0 Å². The third-order valence-corrected chi connectivity index (χ3v) is 8.23. The monoisotopic (exact) mass is 436 g/mol. The van der Waals surface area contributed by atoms with Gasteiger partial charge in [-0.05, 0) is 51.4 Å². The van der Waals surface area contributed by atoms with E-state index in [2.05, 4.69) is 15.3 Å². The standard InChI is InChI=1S/C15H24N4O7S2/c20-15-14(18-17-10-1-5-12(6-2-10)27(21,22)23)9-16-19(15)11-3-7-13(8-4-11)28(24,25)26/h9-13,16H,1-8H2,(H,21,22,23)(H,24,25,26). The van der Waals surface area contributed by atoms with E-state index in [9.17, 15) is 21.6 Å². The second kappa shape index (κ2) is 8.05. The molecule has 1 aromatic rings. The maximum Gasteiger partial charge on any atom is 0.294 e. The van der Waals surface area contributed by atoms with Gasteiger partial charge in [-0.15, -0.1) is 5.11 Å². The van der Waals surface area contributed by atoms with E-state index in [-0.39, 0.29) is 36.2 Å². The molecule has 0 saturated heterocycles. The molecular weight excluding hydrogens is 412 g/mol. The number of azo groups is 1. The second-order valence-corrected chi connectivity index (χ2v) is 10.8. The highest BCUT2D eigenvalue weighted by Crippen LogP contribution is 2.31. The first-order valence-corrected chi connectivity index (χ1v) is 12.2. The van der Waals surface area contributed by atoms with Crippen molar-refractivity contribution in [1.29, 1.82) is 0 Å². The summed E-state index contributed by atoms with van der Waals surface area (Å²) in [6.45, 7) is 0. The van der Waals surface area contributed by atoms with Crippen LogP contribution in [0.25, 0.3) is 0 Å². The largest absolute Gasteiger partial charge is 0.300 e. The van der Waals surface area contributed by atoms with Crippen LogP contribution in [-0.4, -0.2) is 52.3 Å². The SMILES string of the molecule is O=c1c(N=NC2CCC(S(=O)(=O)O)CC2)c[nH]n1C1CCC(S(=O)(=O)O)CC1. The Labute approximate surface area is 162 Å². The molecule has 2 fully saturated rings. The molecule has 3 N–H and O–H groups in total. The number of rotatable bonds is 5. The van der Waals surface area contributed by atoms with Crippen molar-refractivity contribution in [3.63, 3.8) is 0 Å². The van der Waals surface area contributed by atoms with Gasteiger partial charge in [0.1, 0.15) is 0 Å². The molecule has 0 aromatic carbocycles. The van der Waals surface area contributed by atoms with Crippen LogP contribution >= 0.6 is 0 Å². The lowest BCUT2D eigenvalue weighted by Crippen LogP contribution is -2.31. The summed E-state index contributed by atoms with van der Waals surface area (Å²) >= 11 is 0. The topological polar surface area (TPSA) is 171 Å². The Morgan fingerprint density at radius 3 is 1.89 bits per heavy atom. The van der Waals surface area contributed by atoms with Crippen molar-refractivity contribution in [1.82, 2.24) is 9.78 Å². The zero-order valence-electron chi connectivity index (χ0n) is 15.1. The molecule has 2 saturated carbocycles. The van der Waals surface area contributed by atoms with E-state index in [1.54, 1.807) is 0 Å². The third-order valence-electron chi connectivity index (χ3n) is 5.60. The minimum absolute atomic E-state index is 0.133. The van der Waals surface area contributed by atoms with Crippen LogP contribution in [0, 0.1) is 0 Å². The molecule has 13 heteroatoms. The molecule has 0 aliphatic heterocycles. The molecule has 11 nitrogen and oxygen atoms in total. The second-order valence-electron chi connectivity index (χ2n) is 7.44. The molecule has 0 atom stereocenters. The minimum Gasteiger partial charge on any atom is -0.300 e. The zero-order chi connectivity index (χ0) is 20.5. The van der Waals surface area contributed by atoms with Gasteiger partial charge >= 0.3 is 0 Å². The maximum absolute atomic E-state index is 12.5. The van der Waals surface area contributed by atoms with E-state index < -0.39 is 30.7 Å². The van der Waals surface area contributed by atoms with Gasteiger partial charge in [-0.1, -0.05) is 0 Å². The van der Waals surface area contributed by atoms with Crippen LogP contribution in [-0.2, 0) is 20.2 Å². The Morgan fingerprint density at radius 1 is 0.893 bits per heavy atom. The number of hydrogen-bond acceptors (Lipinski definition) is 7. The predicted octanol–water partition coefficient (Wildman–Crippen LogP) is 1.83. The van der Waals surface area contributed by atoms with Crippen LogP contribution < -0.4 is 5.56 Å². The molecular formula is C15H24N4O7S2. The minimum atomic E-state index is -4.06. The summed E-state index contributed by atoms with van der Waals surface area (Å²) < 4.78 is 64.4. The molecule has 0 amide bonds. The number of aromatic nitrogens is 2. The lowest BCUT2D eigenvalue weighted by molar-refractivity contribution is 0.315. The van der Waals surface area contributed by atoms with Crippen molar-refractivity contribution >= 4 is 25.9 Å². The van der Waals surface area contributed by atoms with E-state index in [0.717, 1.165) is 0 Å². The first-order chi connectivity index (χ1) is 13.1. The van der Waals surface area contributed by atoms with Gasteiger partial charge in [-0.3, -0.25) is 13.9 Å². The normalized spacial score (nSPS) is 29.9. The average Bonchev–Trinajstić information content (AvgIpc) is 2.99. The Balaban J connectivity index is 1.60. The number of H-pyrrole nitrogens is 1. The molecule has 2 aliphatic carbocycles. The van der Waals surface area contributed by atoms with Gasteiger partial charge in [0, 0.05) is 0 Å². The Bertz CT molecular complexity index is 980. The van der Waals surface area contributed by atoms with E-state index in [0.29, 0.717) is 38.5 Å². The van der Waals surface area contributed by atoms with Gasteiger partial charge < -0.3 is 5.10 Å². The van der Waals surface area contributed by atoms with Gasteiger partial charge in [-0.2, -0.15) is 21.9 Å². The molecule has 0 spiro atoms. The lowest BCUT2D eigenvalue weighted by Gasteiger charge is -2.26. The van der Waals surface area contributed by atoms with Crippen molar-refractivity contribution < 1.29 is 25.9 Å². The van der Waals surface area contributed by atoms with Crippen LogP contribution in [0.15, 0.2) is 21.2 Å². The zero-order valence-corrected chi connectivity index (χ0v) is 16.8. The Hall–Kier alpha value is -1.57. The highest BCUT2D eigenvalue weighted by molar-refractivity contribution is 7.86. The van der Waals surface area contributed by atoms with Gasteiger partial charge in [0.2, 0.25) is 0 Å². The molecule has 158 valence electrons. The van der Waals surface area contributed by atoms with Gasteiger partial charge in [0.05, 0.1) is 28.8 Å². The first-order valence-electron chi connectivity index (χ1n) is 9.19. The van der Waals surface area contributed by atoms with E-state index in [1.807, 2.05) is 0 Å². The average molecular weight is 437 g/mol. The molecule has 0 bridgehead atoms. The lowest BCUT2D eigenvalue weighted by atomic mass is 9.95. The van der Waals surface area contributed by atoms with Gasteiger partial charge in [0.15, 0.2) is 5.69 Å². The van der Waals surface area contributed by atoms with Crippen LogP contribution in [0.5, 0.6) is 0 Å². The van der Waals surface area contributed by atoms with Crippen LogP contribution in [0.2, 0.25) is 0 Å². The molecule has 2 aliphatic rings. The number of aromatic amines is 1. The summed E-state index contributed by atoms with van der Waals surface area (Å²) in [5.74, 6) is 0. The van der Waals surface area contributed by atoms with Crippen LogP contribution in [0.4, 0.5) is 5.69 Å². The number of nitrogens with zero attached hydrogens (tertiary/aromatic N) is 3. The van der Waals surface area contributed by atoms with Gasteiger partial charge in [-0.25, -0.2) is 4.68 Å². The first kappa shape index (κ1) is 21.1. The van der Waals surface area contributed by atoms with Crippen LogP contribution in [0.3, 0.4) is 0 Å². The highest BCUT2D eigenvalue weighted by Gasteiger charge is 2.31. The summed E-state index contributed by atoms with van der Waals surface area (Å²) in [6.07, 6.45) is 4.42. The summed E-state index contributed by atoms with van der Waals surface area (Å²) in [5, 5.41) is 9.43. The molecule has 0 radical (unpaired) electrons. The van der Waals surface area contributed by atoms with Crippen LogP contribution in [0.1, 0.15) is 57.4 Å². The molecule has 1 aromatic heterocycles. The number of hydrogen-bond donors (Lipinski definition) is 3. The quantitative estimate of drug-likeness (QED) is 0.466. The van der Waals surface area contributed by atoms with Crippen molar-refractivity contribution in [3.8, 4) is 0 Å². The molecule has 0 unspecified atom stereocenters. The van der Waals surface area contributed by atoms with E-state index in [4.69, 9.17) is 9.11 Å². The Morgan fingerprint density at radius 2 is 1.39 bits per heavy atom. The van der Waals surface area contributed by atoms with E-state index in [1.165, 1.54) is 10.9 Å². The van der Waals surface area contributed by atoms with Crippen molar-refractivity contribution in [2.24, 2.45) is 10.2 Å². The number of nitrogens with one attached hydrogen (secondary N) is 1. The predicted molar refractivity (Wildman–Crippen MR) is 100 cm³/mol.